The van der Waals surface area contributed by atoms with Gasteiger partial charge in [0, 0.05) is 0 Å². The van der Waals surface area contributed by atoms with Crippen molar-refractivity contribution < 1.29 is 23.9 Å². The van der Waals surface area contributed by atoms with E-state index in [-0.39, 0.29) is 23.6 Å². The summed E-state index contributed by atoms with van der Waals surface area (Å²) in [5.74, 6) is -1.69. The van der Waals surface area contributed by atoms with Crippen LogP contribution in [0.5, 0.6) is 0 Å². The van der Waals surface area contributed by atoms with Crippen LogP contribution in [0, 0.1) is 5.92 Å². The van der Waals surface area contributed by atoms with Gasteiger partial charge in [-0.25, -0.2) is 4.79 Å². The standard InChI is InChI=1S/C14H23NO5/c1-8(2)13(10(5)16)15-12(17)7-11(19-6)14(18)20-9(3)4/h7-9,13H,1-6H3,(H,15,17). The molecule has 0 fully saturated rings. The average Bonchev–Trinajstić information content (AvgIpc) is 2.31. The molecule has 1 N–H and O–H groups in total. The SMILES string of the molecule is COC(=CC(=O)NC(C(C)=O)C(C)C)C(=O)OC(C)C. The molecule has 0 aromatic heterocycles. The Morgan fingerprint density at radius 1 is 1.10 bits per heavy atom. The van der Waals surface area contributed by atoms with E-state index in [1.54, 1.807) is 13.8 Å². The van der Waals surface area contributed by atoms with Gasteiger partial charge in [0.1, 0.15) is 0 Å². The van der Waals surface area contributed by atoms with Gasteiger partial charge in [-0.15, -0.1) is 0 Å². The molecule has 1 amide bonds. The molecular formula is C14H23NO5. The van der Waals surface area contributed by atoms with E-state index in [1.165, 1.54) is 14.0 Å². The van der Waals surface area contributed by atoms with Crippen molar-refractivity contribution in [2.45, 2.75) is 46.8 Å². The summed E-state index contributed by atoms with van der Waals surface area (Å²) in [6.45, 7) is 8.42. The minimum absolute atomic E-state index is 0.0431. The summed E-state index contributed by atoms with van der Waals surface area (Å²) in [5, 5.41) is 2.54. The van der Waals surface area contributed by atoms with Crippen molar-refractivity contribution in [3.63, 3.8) is 0 Å². The summed E-state index contributed by atoms with van der Waals surface area (Å²) in [4.78, 5) is 34.8. The molecular weight excluding hydrogens is 262 g/mol. The lowest BCUT2D eigenvalue weighted by atomic mass is 10.0. The smallest absolute Gasteiger partial charge is 0.374 e. The van der Waals surface area contributed by atoms with Crippen molar-refractivity contribution in [2.75, 3.05) is 7.11 Å². The molecule has 0 spiro atoms. The van der Waals surface area contributed by atoms with Gasteiger partial charge in [-0.05, 0) is 26.7 Å². The predicted octanol–water partition coefficient (Wildman–Crippen LogP) is 1.20. The molecule has 0 heterocycles. The molecule has 0 aliphatic carbocycles. The first-order chi connectivity index (χ1) is 9.18. The lowest BCUT2D eigenvalue weighted by Crippen LogP contribution is -2.42. The van der Waals surface area contributed by atoms with Crippen molar-refractivity contribution in [1.82, 2.24) is 5.32 Å². The second kappa shape index (κ2) is 8.35. The van der Waals surface area contributed by atoms with Crippen molar-refractivity contribution in [3.05, 3.63) is 11.8 Å². The second-order valence-corrected chi connectivity index (χ2v) is 5.01. The number of nitrogens with one attached hydrogen (secondary N) is 1. The summed E-state index contributed by atoms with van der Waals surface area (Å²) in [6.07, 6.45) is 0.674. The largest absolute Gasteiger partial charge is 0.490 e. The molecule has 0 bridgehead atoms. The van der Waals surface area contributed by atoms with Crippen LogP contribution in [-0.4, -0.2) is 36.9 Å². The number of carbonyl (C=O) groups is 3. The fraction of sp³-hybridized carbons (Fsp3) is 0.643. The van der Waals surface area contributed by atoms with Gasteiger partial charge < -0.3 is 14.8 Å². The molecule has 0 aliphatic rings. The Balaban J connectivity index is 4.86. The Kier molecular flexibility index (Phi) is 7.57. The third-order valence-electron chi connectivity index (χ3n) is 2.43. The normalized spacial score (nSPS) is 13.1. The molecule has 6 heteroatoms. The van der Waals surface area contributed by atoms with E-state index >= 15 is 0 Å². The fourth-order valence-corrected chi connectivity index (χ4v) is 1.53. The number of esters is 1. The minimum atomic E-state index is -0.721. The second-order valence-electron chi connectivity index (χ2n) is 5.01. The van der Waals surface area contributed by atoms with Crippen LogP contribution in [0.4, 0.5) is 0 Å². The van der Waals surface area contributed by atoms with Gasteiger partial charge in [-0.2, -0.15) is 0 Å². The number of ether oxygens (including phenoxy) is 2. The third-order valence-corrected chi connectivity index (χ3v) is 2.43. The highest BCUT2D eigenvalue weighted by Crippen LogP contribution is 2.05. The van der Waals surface area contributed by atoms with E-state index in [4.69, 9.17) is 9.47 Å². The summed E-state index contributed by atoms with van der Waals surface area (Å²) in [7, 11) is 1.27. The first kappa shape index (κ1) is 18.1. The van der Waals surface area contributed by atoms with Gasteiger partial charge in [-0.1, -0.05) is 13.8 Å². The monoisotopic (exact) mass is 285 g/mol. The first-order valence-corrected chi connectivity index (χ1v) is 6.46. The van der Waals surface area contributed by atoms with Gasteiger partial charge >= 0.3 is 5.97 Å². The van der Waals surface area contributed by atoms with Crippen LogP contribution in [0.25, 0.3) is 0 Å². The van der Waals surface area contributed by atoms with Crippen LogP contribution in [0.2, 0.25) is 0 Å². The Hall–Kier alpha value is -1.85. The maximum absolute atomic E-state index is 11.8. The molecule has 0 saturated carbocycles. The van der Waals surface area contributed by atoms with Crippen molar-refractivity contribution in [2.24, 2.45) is 5.92 Å². The Labute approximate surface area is 119 Å². The zero-order valence-electron chi connectivity index (χ0n) is 12.9. The van der Waals surface area contributed by atoms with Crippen molar-refractivity contribution in [3.8, 4) is 0 Å². The number of amides is 1. The Bertz CT molecular complexity index is 398. The molecule has 6 nitrogen and oxygen atoms in total. The molecule has 1 atom stereocenters. The topological polar surface area (TPSA) is 81.7 Å². The molecule has 0 aromatic carbocycles. The maximum Gasteiger partial charge on any atom is 0.374 e. The van der Waals surface area contributed by atoms with E-state index in [0.29, 0.717) is 0 Å². The molecule has 0 aliphatic heterocycles. The highest BCUT2D eigenvalue weighted by molar-refractivity contribution is 5.99. The lowest BCUT2D eigenvalue weighted by Gasteiger charge is -2.18. The molecule has 0 rings (SSSR count). The molecule has 0 saturated heterocycles. The highest BCUT2D eigenvalue weighted by Gasteiger charge is 2.21. The zero-order chi connectivity index (χ0) is 15.9. The molecule has 0 aromatic rings. The van der Waals surface area contributed by atoms with E-state index in [0.717, 1.165) is 6.08 Å². The van der Waals surface area contributed by atoms with Crippen LogP contribution in [-0.2, 0) is 23.9 Å². The predicted molar refractivity (Wildman–Crippen MR) is 73.8 cm³/mol. The highest BCUT2D eigenvalue weighted by atomic mass is 16.6. The van der Waals surface area contributed by atoms with Gasteiger partial charge in [-0.3, -0.25) is 9.59 Å². The average molecular weight is 285 g/mol. The molecule has 114 valence electrons. The zero-order valence-corrected chi connectivity index (χ0v) is 12.9. The Morgan fingerprint density at radius 3 is 2.00 bits per heavy atom. The van der Waals surface area contributed by atoms with Gasteiger partial charge in [0.2, 0.25) is 11.7 Å². The van der Waals surface area contributed by atoms with Crippen LogP contribution in [0.15, 0.2) is 11.8 Å². The summed E-state index contributed by atoms with van der Waals surface area (Å²) in [5.41, 5.74) is 0. The number of hydrogen-bond donors (Lipinski definition) is 1. The minimum Gasteiger partial charge on any atom is -0.490 e. The van der Waals surface area contributed by atoms with Crippen LogP contribution in [0.3, 0.4) is 0 Å². The Morgan fingerprint density at radius 2 is 1.65 bits per heavy atom. The number of methoxy groups -OCH3 is 1. The summed E-state index contributed by atoms with van der Waals surface area (Å²) >= 11 is 0. The quantitative estimate of drug-likeness (QED) is 0.432. The van der Waals surface area contributed by atoms with Crippen molar-refractivity contribution >= 4 is 17.7 Å². The third kappa shape index (κ3) is 6.36. The maximum atomic E-state index is 11.8. The van der Waals surface area contributed by atoms with E-state index in [9.17, 15) is 14.4 Å². The number of carbonyl (C=O) groups excluding carboxylic acids is 3. The van der Waals surface area contributed by atoms with Gasteiger partial charge in [0.25, 0.3) is 0 Å². The van der Waals surface area contributed by atoms with Crippen LogP contribution in [0.1, 0.15) is 34.6 Å². The van der Waals surface area contributed by atoms with Crippen LogP contribution >= 0.6 is 0 Å². The number of ketones is 1. The van der Waals surface area contributed by atoms with Crippen LogP contribution < -0.4 is 5.32 Å². The fourth-order valence-electron chi connectivity index (χ4n) is 1.53. The number of Topliss-reactive ketones (excluding diaryl/α,β-unsaturated/α-hetero) is 1. The molecule has 20 heavy (non-hydrogen) atoms. The molecule has 1 unspecified atom stereocenters. The number of hydrogen-bond acceptors (Lipinski definition) is 5. The van der Waals surface area contributed by atoms with E-state index in [2.05, 4.69) is 5.32 Å². The molecule has 0 radical (unpaired) electrons. The van der Waals surface area contributed by atoms with Crippen molar-refractivity contribution in [1.29, 1.82) is 0 Å². The summed E-state index contributed by atoms with van der Waals surface area (Å²) < 4.78 is 9.75. The first-order valence-electron chi connectivity index (χ1n) is 6.46. The van der Waals surface area contributed by atoms with Gasteiger partial charge in [0.15, 0.2) is 5.78 Å². The van der Waals surface area contributed by atoms with E-state index < -0.39 is 17.9 Å². The number of rotatable bonds is 7. The summed E-state index contributed by atoms with van der Waals surface area (Å²) in [6, 6.07) is -0.599. The van der Waals surface area contributed by atoms with Gasteiger partial charge in [0.05, 0.1) is 25.3 Å². The lowest BCUT2D eigenvalue weighted by molar-refractivity contribution is -0.146. The van der Waals surface area contributed by atoms with E-state index in [1.807, 2.05) is 13.8 Å².